The summed E-state index contributed by atoms with van der Waals surface area (Å²) in [6, 6.07) is 1.82. The van der Waals surface area contributed by atoms with Crippen LogP contribution in [0.25, 0.3) is 0 Å². The van der Waals surface area contributed by atoms with Crippen LogP contribution < -0.4 is 5.32 Å². The summed E-state index contributed by atoms with van der Waals surface area (Å²) in [6.07, 6.45) is 2.59. The molecule has 15 heavy (non-hydrogen) atoms. The van der Waals surface area contributed by atoms with Crippen molar-refractivity contribution in [3.63, 3.8) is 0 Å². The van der Waals surface area contributed by atoms with Gasteiger partial charge in [-0.25, -0.2) is 4.98 Å². The van der Waals surface area contributed by atoms with Crippen LogP contribution in [0.5, 0.6) is 0 Å². The summed E-state index contributed by atoms with van der Waals surface area (Å²) in [5.41, 5.74) is 0. The lowest BCUT2D eigenvalue weighted by molar-refractivity contribution is 0.147. The fourth-order valence-electron chi connectivity index (χ4n) is 1.07. The van der Waals surface area contributed by atoms with Crippen LogP contribution in [0.1, 0.15) is 13.3 Å². The lowest BCUT2D eigenvalue weighted by Crippen LogP contribution is -2.07. The Balaban J connectivity index is 2.31. The third kappa shape index (κ3) is 4.82. The Kier molecular flexibility index (Phi) is 5.98. The fraction of sp³-hybridized carbons (Fsp3) is 0.500. The van der Waals surface area contributed by atoms with Crippen molar-refractivity contribution in [3.05, 3.63) is 21.8 Å². The van der Waals surface area contributed by atoms with Gasteiger partial charge < -0.3 is 10.1 Å². The predicted octanol–water partition coefficient (Wildman–Crippen LogP) is 3.34. The maximum absolute atomic E-state index is 5.78. The summed E-state index contributed by atoms with van der Waals surface area (Å²) >= 11 is 9.17. The third-order valence-electron chi connectivity index (χ3n) is 1.77. The van der Waals surface area contributed by atoms with Crippen LogP contribution in [-0.4, -0.2) is 24.7 Å². The Morgan fingerprint density at radius 3 is 3.07 bits per heavy atom. The van der Waals surface area contributed by atoms with Gasteiger partial charge in [0.25, 0.3) is 0 Å². The smallest absolute Gasteiger partial charge is 0.140 e. The Morgan fingerprint density at radius 2 is 2.40 bits per heavy atom. The van der Waals surface area contributed by atoms with Gasteiger partial charge in [-0.2, -0.15) is 0 Å². The van der Waals surface area contributed by atoms with E-state index < -0.39 is 0 Å². The summed E-state index contributed by atoms with van der Waals surface area (Å²) in [4.78, 5) is 4.16. The number of hydrogen-bond acceptors (Lipinski definition) is 3. The molecule has 0 unspecified atom stereocenters. The van der Waals surface area contributed by atoms with Crippen molar-refractivity contribution in [2.24, 2.45) is 0 Å². The normalized spacial score (nSPS) is 10.3. The molecule has 0 atom stereocenters. The van der Waals surface area contributed by atoms with E-state index in [1.165, 1.54) is 0 Å². The molecule has 0 aliphatic carbocycles. The number of anilines is 1. The van der Waals surface area contributed by atoms with Gasteiger partial charge in [0.15, 0.2) is 0 Å². The largest absolute Gasteiger partial charge is 0.382 e. The van der Waals surface area contributed by atoms with Crippen molar-refractivity contribution in [2.75, 3.05) is 25.1 Å². The Bertz CT molecular complexity index is 309. The Labute approximate surface area is 103 Å². The minimum atomic E-state index is 0.627. The first-order chi connectivity index (χ1) is 7.24. The zero-order chi connectivity index (χ0) is 11.1. The average molecular weight is 294 g/mol. The minimum absolute atomic E-state index is 0.627. The second kappa shape index (κ2) is 7.04. The highest BCUT2D eigenvalue weighted by Crippen LogP contribution is 2.22. The standard InChI is InChI=1S/C10H14BrClN2O/c1-2-15-5-3-4-13-10-9(11)6-8(12)7-14-10/h6-7H,2-5H2,1H3,(H,13,14). The maximum atomic E-state index is 5.78. The number of halogens is 2. The number of nitrogens with one attached hydrogen (secondary N) is 1. The molecule has 0 saturated carbocycles. The second-order valence-corrected chi connectivity index (χ2v) is 4.25. The number of hydrogen-bond donors (Lipinski definition) is 1. The van der Waals surface area contributed by atoms with Crippen LogP contribution >= 0.6 is 27.5 Å². The summed E-state index contributed by atoms with van der Waals surface area (Å²) in [5, 5.41) is 3.83. The summed E-state index contributed by atoms with van der Waals surface area (Å²) < 4.78 is 6.11. The first-order valence-corrected chi connectivity index (χ1v) is 6.03. The van der Waals surface area contributed by atoms with Gasteiger partial charge in [-0.3, -0.25) is 0 Å². The summed E-state index contributed by atoms with van der Waals surface area (Å²) in [5.74, 6) is 0.816. The van der Waals surface area contributed by atoms with E-state index in [9.17, 15) is 0 Å². The topological polar surface area (TPSA) is 34.1 Å². The molecule has 1 aromatic rings. The highest BCUT2D eigenvalue weighted by atomic mass is 79.9. The molecule has 0 aliphatic rings. The molecule has 0 aliphatic heterocycles. The SMILES string of the molecule is CCOCCCNc1ncc(Cl)cc1Br. The van der Waals surface area contributed by atoms with Gasteiger partial charge in [0, 0.05) is 26.0 Å². The summed E-state index contributed by atoms with van der Waals surface area (Å²) in [7, 11) is 0. The molecular weight excluding hydrogens is 279 g/mol. The average Bonchev–Trinajstić information content (AvgIpc) is 2.20. The van der Waals surface area contributed by atoms with Crippen LogP contribution in [0.3, 0.4) is 0 Å². The van der Waals surface area contributed by atoms with E-state index in [0.717, 1.165) is 36.5 Å². The molecule has 1 N–H and O–H groups in total. The lowest BCUT2D eigenvalue weighted by atomic mass is 10.4. The van der Waals surface area contributed by atoms with Gasteiger partial charge in [-0.15, -0.1) is 0 Å². The van der Waals surface area contributed by atoms with Gasteiger partial charge in [-0.05, 0) is 35.3 Å². The molecule has 1 aromatic heterocycles. The molecule has 0 radical (unpaired) electrons. The summed E-state index contributed by atoms with van der Waals surface area (Å²) in [6.45, 7) is 4.37. The number of nitrogens with zero attached hydrogens (tertiary/aromatic N) is 1. The quantitative estimate of drug-likeness (QED) is 0.817. The van der Waals surface area contributed by atoms with Crippen molar-refractivity contribution < 1.29 is 4.74 Å². The van der Waals surface area contributed by atoms with Crippen molar-refractivity contribution in [2.45, 2.75) is 13.3 Å². The molecule has 1 rings (SSSR count). The van der Waals surface area contributed by atoms with Crippen molar-refractivity contribution in [3.8, 4) is 0 Å². The van der Waals surface area contributed by atoms with Crippen molar-refractivity contribution in [1.29, 1.82) is 0 Å². The van der Waals surface area contributed by atoms with Gasteiger partial charge in [0.05, 0.1) is 9.50 Å². The van der Waals surface area contributed by atoms with Crippen LogP contribution in [0, 0.1) is 0 Å². The van der Waals surface area contributed by atoms with Crippen LogP contribution in [-0.2, 0) is 4.74 Å². The molecule has 0 saturated heterocycles. The third-order valence-corrected chi connectivity index (χ3v) is 2.58. The van der Waals surface area contributed by atoms with Crippen LogP contribution in [0.4, 0.5) is 5.82 Å². The van der Waals surface area contributed by atoms with Crippen LogP contribution in [0.2, 0.25) is 5.02 Å². The predicted molar refractivity (Wildman–Crippen MR) is 66.5 cm³/mol. The van der Waals surface area contributed by atoms with E-state index in [1.807, 2.05) is 13.0 Å². The molecule has 0 amide bonds. The number of ether oxygens (including phenoxy) is 1. The first kappa shape index (κ1) is 12.7. The molecule has 0 fully saturated rings. The van der Waals surface area contributed by atoms with Gasteiger partial charge in [0.1, 0.15) is 5.82 Å². The zero-order valence-corrected chi connectivity index (χ0v) is 10.9. The molecule has 0 bridgehead atoms. The minimum Gasteiger partial charge on any atom is -0.382 e. The fourth-order valence-corrected chi connectivity index (χ4v) is 1.85. The zero-order valence-electron chi connectivity index (χ0n) is 8.59. The highest BCUT2D eigenvalue weighted by molar-refractivity contribution is 9.10. The monoisotopic (exact) mass is 292 g/mol. The first-order valence-electron chi connectivity index (χ1n) is 4.86. The van der Waals surface area contributed by atoms with E-state index in [4.69, 9.17) is 16.3 Å². The van der Waals surface area contributed by atoms with E-state index >= 15 is 0 Å². The van der Waals surface area contributed by atoms with Crippen LogP contribution in [0.15, 0.2) is 16.7 Å². The molecule has 1 heterocycles. The highest BCUT2D eigenvalue weighted by Gasteiger charge is 2.00. The van der Waals surface area contributed by atoms with E-state index in [-0.39, 0.29) is 0 Å². The molecule has 5 heteroatoms. The van der Waals surface area contributed by atoms with Gasteiger partial charge in [0.2, 0.25) is 0 Å². The van der Waals surface area contributed by atoms with Gasteiger partial charge >= 0.3 is 0 Å². The Hall–Kier alpha value is -0.320. The molecule has 3 nitrogen and oxygen atoms in total. The van der Waals surface area contributed by atoms with Crippen molar-refractivity contribution >= 4 is 33.3 Å². The maximum Gasteiger partial charge on any atom is 0.140 e. The van der Waals surface area contributed by atoms with E-state index in [1.54, 1.807) is 6.20 Å². The van der Waals surface area contributed by atoms with E-state index in [0.29, 0.717) is 5.02 Å². The number of aromatic nitrogens is 1. The number of pyridine rings is 1. The molecule has 0 spiro atoms. The van der Waals surface area contributed by atoms with Gasteiger partial charge in [-0.1, -0.05) is 11.6 Å². The Morgan fingerprint density at radius 1 is 1.60 bits per heavy atom. The molecule has 0 aromatic carbocycles. The number of rotatable bonds is 6. The van der Waals surface area contributed by atoms with Crippen molar-refractivity contribution in [1.82, 2.24) is 4.98 Å². The molecule has 84 valence electrons. The van der Waals surface area contributed by atoms with E-state index in [2.05, 4.69) is 26.2 Å². The molecular formula is C10H14BrClN2O. The lowest BCUT2D eigenvalue weighted by Gasteiger charge is -2.07. The second-order valence-electron chi connectivity index (χ2n) is 2.96.